The second-order valence-corrected chi connectivity index (χ2v) is 6.96. The van der Waals surface area contributed by atoms with Crippen molar-refractivity contribution in [2.75, 3.05) is 12.3 Å². The van der Waals surface area contributed by atoms with E-state index < -0.39 is 0 Å². The lowest BCUT2D eigenvalue weighted by Gasteiger charge is -2.18. The molecule has 1 aromatic heterocycles. The third-order valence-electron chi connectivity index (χ3n) is 3.29. The van der Waals surface area contributed by atoms with E-state index in [-0.39, 0.29) is 5.82 Å². The summed E-state index contributed by atoms with van der Waals surface area (Å²) in [4.78, 5) is 1.01. The molecule has 0 saturated carbocycles. The predicted octanol–water partition coefficient (Wildman–Crippen LogP) is 4.98. The molecule has 0 aliphatic heterocycles. The van der Waals surface area contributed by atoms with Crippen molar-refractivity contribution >= 4 is 23.1 Å². The first-order valence-corrected chi connectivity index (χ1v) is 9.33. The zero-order chi connectivity index (χ0) is 14.9. The van der Waals surface area contributed by atoms with E-state index >= 15 is 0 Å². The molecule has 0 radical (unpaired) electrons. The molecule has 0 bridgehead atoms. The van der Waals surface area contributed by atoms with Gasteiger partial charge in [0.15, 0.2) is 0 Å². The number of hydrogen-bond donors (Lipinski definition) is 1. The molecular weight excluding hydrogens is 301 g/mol. The second-order valence-electron chi connectivity index (χ2n) is 5.09. The van der Waals surface area contributed by atoms with Gasteiger partial charge in [0, 0.05) is 16.7 Å². The van der Waals surface area contributed by atoms with Crippen molar-refractivity contribution in [2.24, 2.45) is 0 Å². The summed E-state index contributed by atoms with van der Waals surface area (Å²) in [6.07, 6.45) is 3.37. The zero-order valence-corrected chi connectivity index (χ0v) is 14.0. The lowest BCUT2D eigenvalue weighted by molar-refractivity contribution is 0.520. The Kier molecular flexibility index (Phi) is 7.27. The fourth-order valence-electron chi connectivity index (χ4n) is 2.12. The van der Waals surface area contributed by atoms with Crippen LogP contribution in [-0.4, -0.2) is 18.3 Å². The SMILES string of the molecule is CCCNC(CCc1ccsc1)CSc1cccc(F)c1. The first-order valence-electron chi connectivity index (χ1n) is 7.40. The Bertz CT molecular complexity index is 513. The van der Waals surface area contributed by atoms with Crippen LogP contribution in [0.15, 0.2) is 46.0 Å². The van der Waals surface area contributed by atoms with Crippen LogP contribution in [-0.2, 0) is 6.42 Å². The summed E-state index contributed by atoms with van der Waals surface area (Å²) in [5.41, 5.74) is 1.42. The standard InChI is InChI=1S/C17H22FNS2/c1-2-9-19-16(7-6-14-8-10-20-12-14)13-21-17-5-3-4-15(18)11-17/h3-5,8,10-12,16,19H,2,6-7,9,13H2,1H3. The highest BCUT2D eigenvalue weighted by atomic mass is 32.2. The number of aryl methyl sites for hydroxylation is 1. The predicted molar refractivity (Wildman–Crippen MR) is 91.8 cm³/mol. The van der Waals surface area contributed by atoms with Gasteiger partial charge in [0.05, 0.1) is 0 Å². The van der Waals surface area contributed by atoms with Crippen molar-refractivity contribution in [1.82, 2.24) is 5.32 Å². The Morgan fingerprint density at radius 1 is 1.33 bits per heavy atom. The maximum atomic E-state index is 13.2. The summed E-state index contributed by atoms with van der Waals surface area (Å²) < 4.78 is 13.2. The molecule has 0 saturated heterocycles. The Labute approximate surface area is 135 Å². The molecule has 0 aliphatic rings. The minimum Gasteiger partial charge on any atom is -0.313 e. The summed E-state index contributed by atoms with van der Waals surface area (Å²) in [5.74, 6) is 0.824. The Morgan fingerprint density at radius 2 is 2.24 bits per heavy atom. The van der Waals surface area contributed by atoms with Crippen LogP contribution in [0.1, 0.15) is 25.3 Å². The molecule has 1 nitrogen and oxygen atoms in total. The summed E-state index contributed by atoms with van der Waals surface area (Å²) in [6.45, 7) is 3.22. The third-order valence-corrected chi connectivity index (χ3v) is 5.18. The first kappa shape index (κ1) is 16.5. The Morgan fingerprint density at radius 3 is 2.95 bits per heavy atom. The van der Waals surface area contributed by atoms with Gasteiger partial charge in [0.25, 0.3) is 0 Å². The van der Waals surface area contributed by atoms with Crippen LogP contribution in [0, 0.1) is 5.82 Å². The molecule has 1 unspecified atom stereocenters. The van der Waals surface area contributed by atoms with E-state index in [9.17, 15) is 4.39 Å². The van der Waals surface area contributed by atoms with E-state index in [0.717, 1.165) is 36.5 Å². The lowest BCUT2D eigenvalue weighted by Crippen LogP contribution is -2.32. The Hall–Kier alpha value is -0.840. The normalized spacial score (nSPS) is 12.5. The monoisotopic (exact) mass is 323 g/mol. The van der Waals surface area contributed by atoms with E-state index in [2.05, 4.69) is 29.1 Å². The number of thioether (sulfide) groups is 1. The molecule has 0 fully saturated rings. The molecule has 4 heteroatoms. The molecule has 1 atom stereocenters. The Balaban J connectivity index is 1.83. The fourth-order valence-corrected chi connectivity index (χ4v) is 3.87. The third kappa shape index (κ3) is 6.20. The quantitative estimate of drug-likeness (QED) is 0.653. The summed E-state index contributed by atoms with van der Waals surface area (Å²) in [7, 11) is 0. The van der Waals surface area contributed by atoms with Crippen molar-refractivity contribution < 1.29 is 4.39 Å². The van der Waals surface area contributed by atoms with Gasteiger partial charge in [-0.05, 0) is 66.4 Å². The molecule has 114 valence electrons. The average molecular weight is 324 g/mol. The summed E-state index contributed by atoms with van der Waals surface area (Å²) >= 11 is 3.48. The number of rotatable bonds is 9. The number of thiophene rings is 1. The van der Waals surface area contributed by atoms with Crippen molar-refractivity contribution in [2.45, 2.75) is 37.1 Å². The molecule has 1 N–H and O–H groups in total. The molecule has 0 spiro atoms. The highest BCUT2D eigenvalue weighted by Crippen LogP contribution is 2.21. The number of hydrogen-bond acceptors (Lipinski definition) is 3. The van der Waals surface area contributed by atoms with Gasteiger partial charge in [-0.3, -0.25) is 0 Å². The van der Waals surface area contributed by atoms with Crippen LogP contribution in [0.5, 0.6) is 0 Å². The smallest absolute Gasteiger partial charge is 0.124 e. The molecule has 0 aliphatic carbocycles. The largest absolute Gasteiger partial charge is 0.313 e. The van der Waals surface area contributed by atoms with Crippen LogP contribution < -0.4 is 5.32 Å². The first-order chi connectivity index (χ1) is 10.3. The summed E-state index contributed by atoms with van der Waals surface area (Å²) in [6, 6.07) is 9.52. The number of nitrogens with one attached hydrogen (secondary N) is 1. The van der Waals surface area contributed by atoms with Gasteiger partial charge in [0.1, 0.15) is 5.82 Å². The van der Waals surface area contributed by atoms with Gasteiger partial charge in [0.2, 0.25) is 0 Å². The van der Waals surface area contributed by atoms with E-state index in [0.29, 0.717) is 6.04 Å². The average Bonchev–Trinajstić information content (AvgIpc) is 3.00. The van der Waals surface area contributed by atoms with E-state index in [1.165, 1.54) is 11.6 Å². The lowest BCUT2D eigenvalue weighted by atomic mass is 10.1. The highest BCUT2D eigenvalue weighted by molar-refractivity contribution is 7.99. The van der Waals surface area contributed by atoms with Gasteiger partial charge in [-0.25, -0.2) is 4.39 Å². The minimum atomic E-state index is -0.156. The van der Waals surface area contributed by atoms with E-state index in [1.807, 2.05) is 6.07 Å². The highest BCUT2D eigenvalue weighted by Gasteiger charge is 2.09. The van der Waals surface area contributed by atoms with Crippen molar-refractivity contribution in [3.05, 3.63) is 52.5 Å². The van der Waals surface area contributed by atoms with Crippen LogP contribution in [0.4, 0.5) is 4.39 Å². The van der Waals surface area contributed by atoms with Crippen molar-refractivity contribution in [3.63, 3.8) is 0 Å². The molecule has 2 aromatic rings. The fraction of sp³-hybridized carbons (Fsp3) is 0.412. The van der Waals surface area contributed by atoms with Crippen molar-refractivity contribution in [1.29, 1.82) is 0 Å². The molecule has 21 heavy (non-hydrogen) atoms. The molecular formula is C17H22FNS2. The van der Waals surface area contributed by atoms with Crippen LogP contribution >= 0.6 is 23.1 Å². The topological polar surface area (TPSA) is 12.0 Å². The van der Waals surface area contributed by atoms with Gasteiger partial charge < -0.3 is 5.32 Å². The van der Waals surface area contributed by atoms with E-state index in [4.69, 9.17) is 0 Å². The summed E-state index contributed by atoms with van der Waals surface area (Å²) in [5, 5.41) is 7.95. The molecule has 0 amide bonds. The van der Waals surface area contributed by atoms with Gasteiger partial charge in [-0.2, -0.15) is 11.3 Å². The maximum absolute atomic E-state index is 13.2. The minimum absolute atomic E-state index is 0.156. The molecule has 1 heterocycles. The van der Waals surface area contributed by atoms with Crippen LogP contribution in [0.25, 0.3) is 0 Å². The van der Waals surface area contributed by atoms with Crippen LogP contribution in [0.2, 0.25) is 0 Å². The van der Waals surface area contributed by atoms with Gasteiger partial charge in [-0.15, -0.1) is 11.8 Å². The molecule has 1 aromatic carbocycles. The second kappa shape index (κ2) is 9.23. The van der Waals surface area contributed by atoms with Gasteiger partial charge in [-0.1, -0.05) is 13.0 Å². The van der Waals surface area contributed by atoms with Crippen molar-refractivity contribution in [3.8, 4) is 0 Å². The van der Waals surface area contributed by atoms with E-state index in [1.54, 1.807) is 35.2 Å². The van der Waals surface area contributed by atoms with Gasteiger partial charge >= 0.3 is 0 Å². The number of benzene rings is 1. The molecule has 2 rings (SSSR count). The zero-order valence-electron chi connectivity index (χ0n) is 12.3. The van der Waals surface area contributed by atoms with Crippen LogP contribution in [0.3, 0.4) is 0 Å². The number of halogens is 1. The maximum Gasteiger partial charge on any atom is 0.124 e.